The van der Waals surface area contributed by atoms with Gasteiger partial charge in [0.1, 0.15) is 6.54 Å². The molecule has 138 valence electrons. The fraction of sp³-hybridized carbons (Fsp3) is 0.583. The monoisotopic (exact) mass is 438 g/mol. The van der Waals surface area contributed by atoms with Crippen LogP contribution < -0.4 is 0 Å². The van der Waals surface area contributed by atoms with E-state index in [-0.39, 0.29) is 0 Å². The number of hydrogen-bond donors (Lipinski definition) is 0. The van der Waals surface area contributed by atoms with E-state index in [1.807, 2.05) is 0 Å². The predicted octanol–water partition coefficient (Wildman–Crippen LogP) is 4.82. The van der Waals surface area contributed by atoms with E-state index in [1.54, 1.807) is 0 Å². The Hall–Kier alpha value is -1.89. The number of nitrogens with zero attached hydrogens (tertiary/aromatic N) is 4. The number of hydrogen-bond acceptors (Lipinski definition) is 2. The second kappa shape index (κ2) is 6.78. The molecule has 0 aliphatic carbocycles. The third-order valence-electron chi connectivity index (χ3n) is 3.04. The highest BCUT2D eigenvalue weighted by molar-refractivity contribution is 9.10. The Balaban J connectivity index is 3.16. The number of alkyl halides is 8. The third-order valence-corrected chi connectivity index (χ3v) is 3.62. The van der Waals surface area contributed by atoms with Crippen molar-refractivity contribution in [3.8, 4) is 6.07 Å². The standard InChI is InChI=1S/C12H7BrF8N4/c1-23-9(5-22,2-3-10(14,15)16)6-25-4-7(13)8(24-25)11(17,18)12(19,20)21/h4H,2-3,6H2. The molecule has 1 heterocycles. The van der Waals surface area contributed by atoms with Crippen LogP contribution in [-0.4, -0.2) is 27.7 Å². The highest BCUT2D eigenvalue weighted by Crippen LogP contribution is 2.45. The van der Waals surface area contributed by atoms with Crippen LogP contribution in [0.4, 0.5) is 35.1 Å². The van der Waals surface area contributed by atoms with Crippen molar-refractivity contribution in [1.29, 1.82) is 5.26 Å². The Labute approximate surface area is 144 Å². The fourth-order valence-electron chi connectivity index (χ4n) is 1.73. The molecule has 0 saturated heterocycles. The van der Waals surface area contributed by atoms with Crippen LogP contribution >= 0.6 is 15.9 Å². The van der Waals surface area contributed by atoms with Crippen molar-refractivity contribution < 1.29 is 35.1 Å². The van der Waals surface area contributed by atoms with Gasteiger partial charge in [-0.15, -0.1) is 0 Å². The first-order valence-corrected chi connectivity index (χ1v) is 7.01. The van der Waals surface area contributed by atoms with E-state index < -0.39 is 53.4 Å². The van der Waals surface area contributed by atoms with Gasteiger partial charge in [0.25, 0.3) is 0 Å². The molecule has 25 heavy (non-hydrogen) atoms. The first-order chi connectivity index (χ1) is 11.2. The van der Waals surface area contributed by atoms with Crippen molar-refractivity contribution in [3.63, 3.8) is 0 Å². The molecule has 0 fully saturated rings. The van der Waals surface area contributed by atoms with Gasteiger partial charge in [-0.05, 0) is 15.9 Å². The highest BCUT2D eigenvalue weighted by Gasteiger charge is 2.61. The van der Waals surface area contributed by atoms with E-state index in [0.29, 0.717) is 10.9 Å². The summed E-state index contributed by atoms with van der Waals surface area (Å²) in [7, 11) is 0. The van der Waals surface area contributed by atoms with E-state index in [2.05, 4.69) is 25.9 Å². The lowest BCUT2D eigenvalue weighted by Crippen LogP contribution is -2.35. The highest BCUT2D eigenvalue weighted by atomic mass is 79.9. The van der Waals surface area contributed by atoms with Gasteiger partial charge >= 0.3 is 23.8 Å². The van der Waals surface area contributed by atoms with Gasteiger partial charge in [-0.2, -0.15) is 45.5 Å². The molecule has 0 amide bonds. The van der Waals surface area contributed by atoms with Crippen molar-refractivity contribution in [2.45, 2.75) is 43.2 Å². The van der Waals surface area contributed by atoms with Crippen molar-refractivity contribution in [3.05, 3.63) is 27.8 Å². The van der Waals surface area contributed by atoms with Crippen molar-refractivity contribution >= 4 is 15.9 Å². The molecule has 1 rings (SSSR count). The summed E-state index contributed by atoms with van der Waals surface area (Å²) in [4.78, 5) is 2.79. The van der Waals surface area contributed by atoms with Gasteiger partial charge in [0.05, 0.1) is 17.3 Å². The minimum absolute atomic E-state index is 0.413. The maximum absolute atomic E-state index is 13.3. The molecule has 0 saturated carbocycles. The normalized spacial score (nSPS) is 15.3. The Kier molecular flexibility index (Phi) is 5.74. The van der Waals surface area contributed by atoms with Crippen LogP contribution in [0.5, 0.6) is 0 Å². The van der Waals surface area contributed by atoms with Gasteiger partial charge in [0.2, 0.25) is 0 Å². The van der Waals surface area contributed by atoms with E-state index in [4.69, 9.17) is 11.8 Å². The second-order valence-corrected chi connectivity index (χ2v) is 5.82. The molecule has 0 bridgehead atoms. The summed E-state index contributed by atoms with van der Waals surface area (Å²) in [6, 6.07) is 1.34. The molecule has 4 nitrogen and oxygen atoms in total. The first kappa shape index (κ1) is 21.2. The zero-order valence-electron chi connectivity index (χ0n) is 11.9. The minimum Gasteiger partial charge on any atom is -0.292 e. The molecule has 1 unspecified atom stereocenters. The molecule has 1 aromatic rings. The average molecular weight is 439 g/mol. The van der Waals surface area contributed by atoms with Gasteiger partial charge in [0.15, 0.2) is 11.8 Å². The van der Waals surface area contributed by atoms with E-state index >= 15 is 0 Å². The van der Waals surface area contributed by atoms with Crippen LogP contribution in [0.25, 0.3) is 4.85 Å². The van der Waals surface area contributed by atoms with E-state index in [1.165, 1.54) is 6.07 Å². The van der Waals surface area contributed by atoms with Crippen molar-refractivity contribution in [1.82, 2.24) is 9.78 Å². The number of aromatic nitrogens is 2. The second-order valence-electron chi connectivity index (χ2n) is 4.97. The van der Waals surface area contributed by atoms with Crippen LogP contribution in [0, 0.1) is 17.9 Å². The quantitative estimate of drug-likeness (QED) is 0.488. The summed E-state index contributed by atoms with van der Waals surface area (Å²) in [5, 5.41) is 12.0. The smallest absolute Gasteiger partial charge is 0.292 e. The summed E-state index contributed by atoms with van der Waals surface area (Å²) in [6.07, 6.45) is -12.5. The maximum Gasteiger partial charge on any atom is 0.459 e. The topological polar surface area (TPSA) is 46.0 Å². The molecule has 1 aromatic heterocycles. The van der Waals surface area contributed by atoms with Crippen LogP contribution in [0.2, 0.25) is 0 Å². The van der Waals surface area contributed by atoms with Crippen LogP contribution in [-0.2, 0) is 12.5 Å². The Morgan fingerprint density at radius 2 is 1.72 bits per heavy atom. The Bertz CT molecular complexity index is 693. The number of rotatable bonds is 5. The van der Waals surface area contributed by atoms with E-state index in [9.17, 15) is 35.1 Å². The molecule has 1 atom stereocenters. The largest absolute Gasteiger partial charge is 0.459 e. The Morgan fingerprint density at radius 1 is 1.16 bits per heavy atom. The third kappa shape index (κ3) is 4.81. The molecular formula is C12H7BrF8N4. The van der Waals surface area contributed by atoms with Crippen LogP contribution in [0.15, 0.2) is 10.7 Å². The van der Waals surface area contributed by atoms with Gasteiger partial charge in [0, 0.05) is 6.20 Å². The van der Waals surface area contributed by atoms with Crippen molar-refractivity contribution in [2.24, 2.45) is 0 Å². The maximum atomic E-state index is 13.3. The number of halogens is 9. The zero-order valence-corrected chi connectivity index (χ0v) is 13.5. The lowest BCUT2D eigenvalue weighted by atomic mass is 9.96. The van der Waals surface area contributed by atoms with Crippen molar-refractivity contribution in [2.75, 3.05) is 0 Å². The van der Waals surface area contributed by atoms with Gasteiger partial charge in [-0.25, -0.2) is 6.57 Å². The minimum atomic E-state index is -5.95. The molecule has 0 aliphatic rings. The SMILES string of the molecule is [C-]#[N+]C(C#N)(CCC(F)(F)F)Cn1cc(Br)c(C(F)(F)C(F)(F)F)n1. The average Bonchev–Trinajstić information content (AvgIpc) is 2.82. The van der Waals surface area contributed by atoms with Gasteiger partial charge < -0.3 is 0 Å². The summed E-state index contributed by atoms with van der Waals surface area (Å²) in [5.74, 6) is -5.32. The molecule has 0 aromatic carbocycles. The lowest BCUT2D eigenvalue weighted by Gasteiger charge is -2.18. The van der Waals surface area contributed by atoms with E-state index in [0.717, 1.165) is 0 Å². The summed E-state index contributed by atoms with van der Waals surface area (Å²) >= 11 is 2.46. The molecule has 0 spiro atoms. The molecular weight excluding hydrogens is 432 g/mol. The fourth-order valence-corrected chi connectivity index (χ4v) is 2.29. The molecule has 13 heteroatoms. The molecule has 0 aliphatic heterocycles. The lowest BCUT2D eigenvalue weighted by molar-refractivity contribution is -0.291. The molecule has 0 N–H and O–H groups in total. The summed E-state index contributed by atoms with van der Waals surface area (Å²) in [6.45, 7) is 5.99. The van der Waals surface area contributed by atoms with Gasteiger partial charge in [-0.1, -0.05) is 0 Å². The number of nitriles is 1. The summed E-state index contributed by atoms with van der Waals surface area (Å²) in [5.41, 5.74) is -4.03. The predicted molar refractivity (Wildman–Crippen MR) is 70.1 cm³/mol. The first-order valence-electron chi connectivity index (χ1n) is 6.22. The van der Waals surface area contributed by atoms with Crippen LogP contribution in [0.1, 0.15) is 18.5 Å². The van der Waals surface area contributed by atoms with Gasteiger partial charge in [-0.3, -0.25) is 9.53 Å². The zero-order chi connectivity index (χ0) is 19.7. The molecule has 0 radical (unpaired) electrons. The summed E-state index contributed by atoms with van der Waals surface area (Å²) < 4.78 is 100. The van der Waals surface area contributed by atoms with Crippen LogP contribution in [0.3, 0.4) is 0 Å². The Morgan fingerprint density at radius 3 is 2.12 bits per heavy atom.